The molecule has 3 aromatic heterocycles. The Labute approximate surface area is 167 Å². The maximum Gasteiger partial charge on any atom is 0.265 e. The number of thiazole rings is 1. The molecule has 1 fully saturated rings. The van der Waals surface area contributed by atoms with Gasteiger partial charge < -0.3 is 14.0 Å². The molecule has 1 amide bonds. The summed E-state index contributed by atoms with van der Waals surface area (Å²) in [5.74, 6) is 1.09. The van der Waals surface area contributed by atoms with Crippen molar-refractivity contribution in [1.29, 1.82) is 0 Å². The number of aromatic nitrogens is 4. The van der Waals surface area contributed by atoms with E-state index in [9.17, 15) is 4.79 Å². The SMILES string of the molecule is Cc1nc(-n2cccc2)sc1C(=O)N1CC[C@@H](n2c(C)nc3ccccc32)C1. The number of nitrogens with zero attached hydrogens (tertiary/aromatic N) is 5. The molecule has 142 valence electrons. The Morgan fingerprint density at radius 2 is 1.89 bits per heavy atom. The smallest absolute Gasteiger partial charge is 0.265 e. The molecule has 0 saturated carbocycles. The standard InChI is InChI=1S/C21H21N5OS/c1-14-19(28-21(22-14)24-10-5-6-11-24)20(27)25-12-9-16(13-25)26-15(2)23-17-7-3-4-8-18(17)26/h3-8,10-11,16H,9,12-13H2,1-2H3/t16-/m1/s1. The van der Waals surface area contributed by atoms with Gasteiger partial charge in [-0.3, -0.25) is 4.79 Å². The highest BCUT2D eigenvalue weighted by atomic mass is 32.1. The van der Waals surface area contributed by atoms with Crippen LogP contribution in [0.2, 0.25) is 0 Å². The van der Waals surface area contributed by atoms with Gasteiger partial charge in [0.15, 0.2) is 5.13 Å². The number of benzene rings is 1. The molecule has 1 aliphatic rings. The number of para-hydroxylation sites is 2. The summed E-state index contributed by atoms with van der Waals surface area (Å²) in [5.41, 5.74) is 2.95. The number of aryl methyl sites for hydroxylation is 2. The molecular weight excluding hydrogens is 370 g/mol. The summed E-state index contributed by atoms with van der Waals surface area (Å²) in [6.45, 7) is 5.42. The molecule has 0 N–H and O–H groups in total. The topological polar surface area (TPSA) is 56.0 Å². The third kappa shape index (κ3) is 2.74. The van der Waals surface area contributed by atoms with Gasteiger partial charge in [0.2, 0.25) is 0 Å². The predicted molar refractivity (Wildman–Crippen MR) is 110 cm³/mol. The van der Waals surface area contributed by atoms with Gasteiger partial charge in [0.05, 0.1) is 22.8 Å². The third-order valence-electron chi connectivity index (χ3n) is 5.39. The minimum atomic E-state index is 0.0815. The average Bonchev–Trinajstić information content (AvgIpc) is 3.46. The molecule has 1 saturated heterocycles. The molecule has 4 heterocycles. The van der Waals surface area contributed by atoms with Gasteiger partial charge in [-0.2, -0.15) is 0 Å². The van der Waals surface area contributed by atoms with E-state index < -0.39 is 0 Å². The van der Waals surface area contributed by atoms with Crippen LogP contribution in [0, 0.1) is 13.8 Å². The Bertz CT molecular complexity index is 1160. The van der Waals surface area contributed by atoms with E-state index in [1.165, 1.54) is 11.3 Å². The minimum Gasteiger partial charge on any atom is -0.336 e. The van der Waals surface area contributed by atoms with Gasteiger partial charge in [-0.15, -0.1) is 0 Å². The molecule has 0 aliphatic carbocycles. The van der Waals surface area contributed by atoms with E-state index in [0.29, 0.717) is 6.54 Å². The quantitative estimate of drug-likeness (QED) is 0.531. The summed E-state index contributed by atoms with van der Waals surface area (Å²) in [4.78, 5) is 25.1. The first kappa shape index (κ1) is 17.2. The van der Waals surface area contributed by atoms with E-state index in [1.54, 1.807) is 0 Å². The molecule has 28 heavy (non-hydrogen) atoms. The molecule has 5 rings (SSSR count). The average molecular weight is 392 g/mol. The molecule has 4 aromatic rings. The van der Waals surface area contributed by atoms with Crippen molar-refractivity contribution >= 4 is 28.3 Å². The van der Waals surface area contributed by atoms with Crippen LogP contribution in [-0.2, 0) is 0 Å². The Balaban J connectivity index is 1.40. The number of hydrogen-bond acceptors (Lipinski definition) is 4. The van der Waals surface area contributed by atoms with Gasteiger partial charge in [-0.1, -0.05) is 23.5 Å². The minimum absolute atomic E-state index is 0.0815. The Hall–Kier alpha value is -2.93. The maximum atomic E-state index is 13.2. The molecule has 1 aromatic carbocycles. The number of amides is 1. The molecular formula is C21H21N5OS. The monoisotopic (exact) mass is 391 g/mol. The van der Waals surface area contributed by atoms with Crippen molar-refractivity contribution < 1.29 is 4.79 Å². The van der Waals surface area contributed by atoms with Gasteiger partial charge in [0.25, 0.3) is 5.91 Å². The van der Waals surface area contributed by atoms with E-state index in [2.05, 4.69) is 20.6 Å². The largest absolute Gasteiger partial charge is 0.336 e. The van der Waals surface area contributed by atoms with Gasteiger partial charge in [0.1, 0.15) is 10.7 Å². The normalized spacial score (nSPS) is 16.9. The van der Waals surface area contributed by atoms with E-state index in [1.807, 2.05) is 66.0 Å². The number of likely N-dealkylation sites (tertiary alicyclic amines) is 1. The molecule has 0 spiro atoms. The van der Waals surface area contributed by atoms with Crippen molar-refractivity contribution in [2.24, 2.45) is 0 Å². The Morgan fingerprint density at radius 1 is 1.11 bits per heavy atom. The lowest BCUT2D eigenvalue weighted by atomic mass is 10.2. The lowest BCUT2D eigenvalue weighted by Gasteiger charge is -2.18. The van der Waals surface area contributed by atoms with Crippen molar-refractivity contribution in [2.45, 2.75) is 26.3 Å². The van der Waals surface area contributed by atoms with E-state index in [-0.39, 0.29) is 11.9 Å². The molecule has 7 heteroatoms. The molecule has 1 aliphatic heterocycles. The van der Waals surface area contributed by atoms with E-state index >= 15 is 0 Å². The first-order valence-corrected chi connectivity index (χ1v) is 10.3. The summed E-state index contributed by atoms with van der Waals surface area (Å²) in [6, 6.07) is 12.4. The van der Waals surface area contributed by atoms with Crippen LogP contribution < -0.4 is 0 Å². The van der Waals surface area contributed by atoms with Crippen LogP contribution in [0.1, 0.15) is 33.7 Å². The van der Waals surface area contributed by atoms with Gasteiger partial charge in [0, 0.05) is 25.5 Å². The second kappa shape index (κ2) is 6.60. The molecule has 6 nitrogen and oxygen atoms in total. The first-order valence-electron chi connectivity index (χ1n) is 9.45. The number of fused-ring (bicyclic) bond motifs is 1. The number of carbonyl (C=O) groups is 1. The fraction of sp³-hybridized carbons (Fsp3) is 0.286. The van der Waals surface area contributed by atoms with Crippen LogP contribution in [0.25, 0.3) is 16.2 Å². The highest BCUT2D eigenvalue weighted by Crippen LogP contribution is 2.30. The van der Waals surface area contributed by atoms with Crippen molar-refractivity contribution in [1.82, 2.24) is 24.0 Å². The molecule has 0 unspecified atom stereocenters. The molecule has 0 radical (unpaired) electrons. The molecule has 1 atom stereocenters. The second-order valence-electron chi connectivity index (χ2n) is 7.21. The number of carbonyl (C=O) groups excluding carboxylic acids is 1. The Kier molecular flexibility index (Phi) is 4.05. The van der Waals surface area contributed by atoms with Gasteiger partial charge >= 0.3 is 0 Å². The van der Waals surface area contributed by atoms with Crippen molar-refractivity contribution in [2.75, 3.05) is 13.1 Å². The highest BCUT2D eigenvalue weighted by molar-refractivity contribution is 7.16. The van der Waals surface area contributed by atoms with Crippen LogP contribution in [0.3, 0.4) is 0 Å². The Morgan fingerprint density at radius 3 is 2.71 bits per heavy atom. The molecule has 0 bridgehead atoms. The zero-order chi connectivity index (χ0) is 19.3. The first-order chi connectivity index (χ1) is 13.6. The lowest BCUT2D eigenvalue weighted by molar-refractivity contribution is 0.0791. The van der Waals surface area contributed by atoms with Crippen LogP contribution in [-0.4, -0.2) is 43.0 Å². The number of rotatable bonds is 3. The van der Waals surface area contributed by atoms with Crippen LogP contribution in [0.5, 0.6) is 0 Å². The summed E-state index contributed by atoms with van der Waals surface area (Å²) in [7, 11) is 0. The van der Waals surface area contributed by atoms with E-state index in [4.69, 9.17) is 0 Å². The fourth-order valence-electron chi connectivity index (χ4n) is 4.06. The summed E-state index contributed by atoms with van der Waals surface area (Å²) < 4.78 is 4.23. The van der Waals surface area contributed by atoms with Crippen LogP contribution in [0.15, 0.2) is 48.8 Å². The van der Waals surface area contributed by atoms with Gasteiger partial charge in [-0.25, -0.2) is 9.97 Å². The zero-order valence-electron chi connectivity index (χ0n) is 15.9. The summed E-state index contributed by atoms with van der Waals surface area (Å²) in [5, 5.41) is 0.832. The highest BCUT2D eigenvalue weighted by Gasteiger charge is 2.31. The lowest BCUT2D eigenvalue weighted by Crippen LogP contribution is -2.29. The van der Waals surface area contributed by atoms with E-state index in [0.717, 1.165) is 45.5 Å². The maximum absolute atomic E-state index is 13.2. The fourth-order valence-corrected chi connectivity index (χ4v) is 5.06. The predicted octanol–water partition coefficient (Wildman–Crippen LogP) is 3.99. The number of imidazole rings is 1. The zero-order valence-corrected chi connectivity index (χ0v) is 16.7. The summed E-state index contributed by atoms with van der Waals surface area (Å²) in [6.07, 6.45) is 4.84. The summed E-state index contributed by atoms with van der Waals surface area (Å²) >= 11 is 1.46. The van der Waals surface area contributed by atoms with Crippen molar-refractivity contribution in [3.05, 3.63) is 65.2 Å². The number of hydrogen-bond donors (Lipinski definition) is 0. The van der Waals surface area contributed by atoms with Crippen LogP contribution >= 0.6 is 11.3 Å². The van der Waals surface area contributed by atoms with Crippen molar-refractivity contribution in [3.8, 4) is 5.13 Å². The third-order valence-corrected chi connectivity index (χ3v) is 6.55. The van der Waals surface area contributed by atoms with Crippen LogP contribution in [0.4, 0.5) is 0 Å². The second-order valence-corrected chi connectivity index (χ2v) is 8.19. The van der Waals surface area contributed by atoms with Crippen molar-refractivity contribution in [3.63, 3.8) is 0 Å². The van der Waals surface area contributed by atoms with Gasteiger partial charge in [-0.05, 0) is 44.5 Å².